The Balaban J connectivity index is 1.94. The molecule has 0 amide bonds. The Morgan fingerprint density at radius 1 is 0.769 bits per heavy atom. The summed E-state index contributed by atoms with van der Waals surface area (Å²) in [5, 5.41) is 0.365. The molecule has 0 unspecified atom stereocenters. The van der Waals surface area contributed by atoms with Crippen LogP contribution in [0.2, 0.25) is 0 Å². The fraction of sp³-hybridized carbons (Fsp3) is 0.435. The van der Waals surface area contributed by atoms with Crippen molar-refractivity contribution in [2.45, 2.75) is 48.7 Å². The van der Waals surface area contributed by atoms with E-state index in [2.05, 4.69) is 95.3 Å². The number of hydrogen-bond acceptors (Lipinski definition) is 3. The molecule has 2 fully saturated rings. The molecule has 2 aliphatic rings. The van der Waals surface area contributed by atoms with Gasteiger partial charge in [-0.3, -0.25) is 4.79 Å². The van der Waals surface area contributed by atoms with Crippen LogP contribution in [-0.2, 0) is 9.54 Å². The maximum atomic E-state index is 12.9. The highest BCUT2D eigenvalue weighted by Crippen LogP contribution is 2.80. The first-order chi connectivity index (χ1) is 12.2. The molecule has 1 nitrogen and oxygen atoms in total. The average Bonchev–Trinajstić information content (AvgIpc) is 2.99. The molecule has 0 aromatic heterocycles. The van der Waals surface area contributed by atoms with Crippen molar-refractivity contribution in [3.63, 3.8) is 0 Å². The van der Waals surface area contributed by atoms with Gasteiger partial charge >= 0.3 is 0 Å². The fourth-order valence-corrected chi connectivity index (χ4v) is 9.98. The van der Waals surface area contributed by atoms with Crippen molar-refractivity contribution in [3.05, 3.63) is 71.8 Å². The predicted molar refractivity (Wildman–Crippen MR) is 114 cm³/mol. The quantitative estimate of drug-likeness (QED) is 0.622. The first-order valence-electron chi connectivity index (χ1n) is 9.24. The molecule has 0 N–H and O–H groups in total. The molecule has 2 aromatic rings. The number of carbonyl (C=O) groups is 1. The lowest BCUT2D eigenvalue weighted by molar-refractivity contribution is -0.152. The number of thioether (sulfide) groups is 2. The SMILES string of the molecule is C[C@H]1SC2(SC1(c1ccccc1)c1ccccc1)C(C)(C)C(=O)C2(C)C. The largest absolute Gasteiger partial charge is 0.298 e. The molecule has 1 saturated carbocycles. The first kappa shape index (κ1) is 18.2. The second-order valence-corrected chi connectivity index (χ2v) is 11.8. The lowest BCUT2D eigenvalue weighted by Gasteiger charge is -2.63. The van der Waals surface area contributed by atoms with Gasteiger partial charge in [-0.25, -0.2) is 0 Å². The maximum absolute atomic E-state index is 12.9. The highest BCUT2D eigenvalue weighted by molar-refractivity contribution is 8.22. The van der Waals surface area contributed by atoms with Crippen LogP contribution in [0.3, 0.4) is 0 Å². The molecular formula is C23H26OS2. The van der Waals surface area contributed by atoms with Gasteiger partial charge < -0.3 is 0 Å². The molecule has 4 rings (SSSR count). The third-order valence-corrected chi connectivity index (χ3v) is 11.6. The molecular weight excluding hydrogens is 356 g/mol. The standard InChI is InChI=1S/C23H26OS2/c1-16-22(17-12-8-6-9-13-17,18-14-10-7-11-15-18)26-23(25-16)20(2,3)19(24)21(23,4)5/h6-16H,1-5H3/t16-/m1/s1. The molecule has 26 heavy (non-hydrogen) atoms. The van der Waals surface area contributed by atoms with Crippen molar-refractivity contribution in [2.24, 2.45) is 10.8 Å². The number of carbonyl (C=O) groups excluding carboxylic acids is 1. The minimum atomic E-state index is -0.328. The number of Topliss-reactive ketones (excluding diaryl/α,β-unsaturated/α-hetero) is 1. The van der Waals surface area contributed by atoms with Crippen molar-refractivity contribution in [3.8, 4) is 0 Å². The molecule has 1 spiro atoms. The van der Waals surface area contributed by atoms with E-state index in [0.29, 0.717) is 11.0 Å². The molecule has 1 aliphatic carbocycles. The molecule has 1 heterocycles. The Hall–Kier alpha value is -1.19. The third kappa shape index (κ3) is 1.99. The Morgan fingerprint density at radius 3 is 1.62 bits per heavy atom. The van der Waals surface area contributed by atoms with Crippen LogP contribution in [-0.4, -0.2) is 15.1 Å². The Labute approximate surface area is 165 Å². The van der Waals surface area contributed by atoms with Crippen LogP contribution in [0.25, 0.3) is 0 Å². The van der Waals surface area contributed by atoms with Crippen LogP contribution in [0, 0.1) is 10.8 Å². The number of benzene rings is 2. The highest BCUT2D eigenvalue weighted by Gasteiger charge is 2.78. The second kappa shape index (κ2) is 5.65. The third-order valence-electron chi connectivity index (χ3n) is 6.41. The molecule has 1 saturated heterocycles. The van der Waals surface area contributed by atoms with Gasteiger partial charge in [0.15, 0.2) is 0 Å². The van der Waals surface area contributed by atoms with E-state index in [1.807, 2.05) is 23.5 Å². The van der Waals surface area contributed by atoms with E-state index in [1.54, 1.807) is 0 Å². The topological polar surface area (TPSA) is 17.1 Å². The Bertz CT molecular complexity index is 782. The summed E-state index contributed by atoms with van der Waals surface area (Å²) in [5.41, 5.74) is 2.01. The van der Waals surface area contributed by atoms with Gasteiger partial charge in [0.25, 0.3) is 0 Å². The van der Waals surface area contributed by atoms with Crippen molar-refractivity contribution in [1.82, 2.24) is 0 Å². The Morgan fingerprint density at radius 2 is 1.19 bits per heavy atom. The van der Waals surface area contributed by atoms with E-state index in [1.165, 1.54) is 11.1 Å². The van der Waals surface area contributed by atoms with E-state index in [9.17, 15) is 4.79 Å². The van der Waals surface area contributed by atoms with Crippen LogP contribution >= 0.6 is 23.5 Å². The van der Waals surface area contributed by atoms with Crippen LogP contribution in [0.1, 0.15) is 45.7 Å². The summed E-state index contributed by atoms with van der Waals surface area (Å²) in [7, 11) is 0. The van der Waals surface area contributed by atoms with Gasteiger partial charge in [0.2, 0.25) is 0 Å². The Kier molecular flexibility index (Phi) is 3.95. The maximum Gasteiger partial charge on any atom is 0.148 e. The van der Waals surface area contributed by atoms with Gasteiger partial charge in [0.1, 0.15) is 5.78 Å². The number of ketones is 1. The lowest BCUT2D eigenvalue weighted by atomic mass is 9.53. The summed E-state index contributed by atoms with van der Waals surface area (Å²) >= 11 is 4.03. The zero-order valence-corrected chi connectivity index (χ0v) is 17.7. The summed E-state index contributed by atoms with van der Waals surface area (Å²) in [6.45, 7) is 10.9. The number of rotatable bonds is 2. The van der Waals surface area contributed by atoms with Crippen molar-refractivity contribution in [1.29, 1.82) is 0 Å². The van der Waals surface area contributed by atoms with Crippen molar-refractivity contribution < 1.29 is 4.79 Å². The smallest absolute Gasteiger partial charge is 0.148 e. The second-order valence-electron chi connectivity index (χ2n) is 8.53. The van der Waals surface area contributed by atoms with Crippen molar-refractivity contribution in [2.75, 3.05) is 0 Å². The summed E-state index contributed by atoms with van der Waals surface area (Å²) in [4.78, 5) is 12.9. The average molecular weight is 383 g/mol. The van der Waals surface area contributed by atoms with Gasteiger partial charge in [-0.2, -0.15) is 0 Å². The molecule has 0 radical (unpaired) electrons. The zero-order valence-electron chi connectivity index (χ0n) is 16.1. The van der Waals surface area contributed by atoms with Crippen LogP contribution in [0.4, 0.5) is 0 Å². The van der Waals surface area contributed by atoms with Gasteiger partial charge in [0, 0.05) is 16.1 Å². The van der Waals surface area contributed by atoms with Crippen LogP contribution < -0.4 is 0 Å². The van der Waals surface area contributed by atoms with Gasteiger partial charge in [-0.05, 0) is 11.1 Å². The number of hydrogen-bond donors (Lipinski definition) is 0. The monoisotopic (exact) mass is 382 g/mol. The molecule has 1 aliphatic heterocycles. The van der Waals surface area contributed by atoms with E-state index in [4.69, 9.17) is 0 Å². The van der Waals surface area contributed by atoms with Crippen LogP contribution in [0.5, 0.6) is 0 Å². The molecule has 2 aromatic carbocycles. The van der Waals surface area contributed by atoms with E-state index in [-0.39, 0.29) is 19.7 Å². The van der Waals surface area contributed by atoms with E-state index < -0.39 is 0 Å². The van der Waals surface area contributed by atoms with Gasteiger partial charge in [-0.15, -0.1) is 23.5 Å². The minimum Gasteiger partial charge on any atom is -0.298 e. The summed E-state index contributed by atoms with van der Waals surface area (Å²) in [6.07, 6.45) is 0. The molecule has 1 atom stereocenters. The minimum absolute atomic E-state index is 0.123. The lowest BCUT2D eigenvalue weighted by Crippen LogP contribution is -2.70. The van der Waals surface area contributed by atoms with E-state index in [0.717, 1.165) is 0 Å². The predicted octanol–water partition coefficient (Wildman–Crippen LogP) is 6.13. The highest BCUT2D eigenvalue weighted by atomic mass is 32.2. The van der Waals surface area contributed by atoms with Crippen LogP contribution in [0.15, 0.2) is 60.7 Å². The fourth-order valence-electron chi connectivity index (χ4n) is 5.14. The zero-order chi connectivity index (χ0) is 18.8. The molecule has 136 valence electrons. The summed E-state index contributed by atoms with van der Waals surface area (Å²) < 4.78 is -0.273. The normalized spacial score (nSPS) is 27.3. The summed E-state index contributed by atoms with van der Waals surface area (Å²) in [5.74, 6) is 0.383. The van der Waals surface area contributed by atoms with Gasteiger partial charge in [-0.1, -0.05) is 95.3 Å². The first-order valence-corrected chi connectivity index (χ1v) is 10.9. The van der Waals surface area contributed by atoms with Crippen molar-refractivity contribution >= 4 is 29.3 Å². The van der Waals surface area contributed by atoms with Gasteiger partial charge in [0.05, 0.1) is 8.83 Å². The molecule has 3 heteroatoms. The molecule has 0 bridgehead atoms. The van der Waals surface area contributed by atoms with E-state index >= 15 is 0 Å². The summed E-state index contributed by atoms with van der Waals surface area (Å²) in [6, 6.07) is 21.7.